The van der Waals surface area contributed by atoms with Gasteiger partial charge in [-0.05, 0) is 32.1 Å². The van der Waals surface area contributed by atoms with Gasteiger partial charge in [0.05, 0.1) is 6.04 Å². The largest absolute Gasteiger partial charge is 0.320 e. The molecule has 0 aromatic heterocycles. The molecule has 1 fully saturated rings. The Bertz CT molecular complexity index is 475. The quantitative estimate of drug-likeness (QED) is 0.874. The molecular formula is C17H26N2OS. The summed E-state index contributed by atoms with van der Waals surface area (Å²) in [6.07, 6.45) is 4.03. The molecule has 2 unspecified atom stereocenters. The van der Waals surface area contributed by atoms with Crippen molar-refractivity contribution in [3.63, 3.8) is 0 Å². The minimum absolute atomic E-state index is 0.00155. The second kappa shape index (κ2) is 6.84. The van der Waals surface area contributed by atoms with E-state index < -0.39 is 0 Å². The highest BCUT2D eigenvalue weighted by molar-refractivity contribution is 7.99. The van der Waals surface area contributed by atoms with Crippen LogP contribution in [0.3, 0.4) is 0 Å². The van der Waals surface area contributed by atoms with Crippen molar-refractivity contribution in [1.82, 2.24) is 10.2 Å². The third-order valence-corrected chi connectivity index (χ3v) is 5.28. The molecule has 0 spiro atoms. The summed E-state index contributed by atoms with van der Waals surface area (Å²) >= 11 is 1.81. The molecule has 1 aromatic carbocycles. The van der Waals surface area contributed by atoms with Crippen LogP contribution in [0.2, 0.25) is 0 Å². The maximum absolute atomic E-state index is 12.7. The zero-order valence-electron chi connectivity index (χ0n) is 13.4. The van der Waals surface area contributed by atoms with Crippen LogP contribution in [-0.4, -0.2) is 34.4 Å². The highest BCUT2D eigenvalue weighted by Crippen LogP contribution is 2.31. The average molecular weight is 306 g/mol. The van der Waals surface area contributed by atoms with Crippen molar-refractivity contribution >= 4 is 17.7 Å². The molecule has 0 radical (unpaired) electrons. The van der Waals surface area contributed by atoms with E-state index in [9.17, 15) is 4.79 Å². The molecule has 1 aromatic rings. The fourth-order valence-electron chi connectivity index (χ4n) is 2.73. The van der Waals surface area contributed by atoms with Crippen molar-refractivity contribution in [2.24, 2.45) is 0 Å². The number of benzene rings is 1. The third-order valence-electron chi connectivity index (χ3n) is 4.05. The van der Waals surface area contributed by atoms with Gasteiger partial charge in [0.15, 0.2) is 0 Å². The molecule has 116 valence electrons. The number of carbonyl (C=O) groups is 1. The number of nitrogens with zero attached hydrogens (tertiary/aromatic N) is 1. The van der Waals surface area contributed by atoms with Crippen LogP contribution in [0.4, 0.5) is 0 Å². The van der Waals surface area contributed by atoms with Crippen molar-refractivity contribution in [2.75, 3.05) is 12.8 Å². The van der Waals surface area contributed by atoms with Crippen LogP contribution in [0.25, 0.3) is 0 Å². The molecule has 2 rings (SSSR count). The van der Waals surface area contributed by atoms with Gasteiger partial charge in [-0.25, -0.2) is 0 Å². The first-order valence-corrected chi connectivity index (χ1v) is 8.87. The molecule has 1 N–H and O–H groups in total. The Balaban J connectivity index is 2.25. The Labute approximate surface area is 132 Å². The molecule has 0 bridgehead atoms. The number of hydrogen-bond donors (Lipinski definition) is 1. The number of carbonyl (C=O) groups excluding carboxylic acids is 1. The summed E-state index contributed by atoms with van der Waals surface area (Å²) in [5.74, 6) is 0.243. The molecule has 2 atom stereocenters. The summed E-state index contributed by atoms with van der Waals surface area (Å²) < 4.78 is 0.0610. The minimum Gasteiger partial charge on any atom is -0.320 e. The van der Waals surface area contributed by atoms with E-state index in [0.717, 1.165) is 19.4 Å². The third kappa shape index (κ3) is 3.80. The molecular weight excluding hydrogens is 280 g/mol. The molecule has 0 aliphatic carbocycles. The number of thioether (sulfide) groups is 1. The van der Waals surface area contributed by atoms with Gasteiger partial charge in [-0.15, -0.1) is 0 Å². The molecule has 3 nitrogen and oxygen atoms in total. The van der Waals surface area contributed by atoms with E-state index in [1.165, 1.54) is 5.56 Å². The van der Waals surface area contributed by atoms with Gasteiger partial charge in [-0.1, -0.05) is 43.7 Å². The summed E-state index contributed by atoms with van der Waals surface area (Å²) in [5, 5.41) is 3.52. The van der Waals surface area contributed by atoms with E-state index in [1.54, 1.807) is 11.8 Å². The molecule has 0 saturated carbocycles. The summed E-state index contributed by atoms with van der Waals surface area (Å²) in [4.78, 5) is 14.7. The van der Waals surface area contributed by atoms with Gasteiger partial charge >= 0.3 is 0 Å². The molecule has 1 aliphatic rings. The first kappa shape index (κ1) is 16.4. The SMILES string of the molecule is CCCC1NC(c2ccccc2)N(CC(C)(C)SC)C1=O. The highest BCUT2D eigenvalue weighted by Gasteiger charge is 2.41. The molecule has 1 heterocycles. The number of hydrogen-bond acceptors (Lipinski definition) is 3. The summed E-state index contributed by atoms with van der Waals surface area (Å²) in [5.41, 5.74) is 1.17. The second-order valence-corrected chi connectivity index (χ2v) is 7.76. The van der Waals surface area contributed by atoms with Gasteiger partial charge in [-0.2, -0.15) is 11.8 Å². The smallest absolute Gasteiger partial charge is 0.241 e. The van der Waals surface area contributed by atoms with E-state index in [1.807, 2.05) is 23.1 Å². The fourth-order valence-corrected chi connectivity index (χ4v) is 3.00. The van der Waals surface area contributed by atoms with Crippen LogP contribution in [0.1, 0.15) is 45.3 Å². The van der Waals surface area contributed by atoms with Gasteiger partial charge in [0.2, 0.25) is 5.91 Å². The lowest BCUT2D eigenvalue weighted by Gasteiger charge is -2.32. The maximum Gasteiger partial charge on any atom is 0.241 e. The van der Waals surface area contributed by atoms with E-state index in [-0.39, 0.29) is 22.9 Å². The molecule has 1 saturated heterocycles. The van der Waals surface area contributed by atoms with Crippen LogP contribution >= 0.6 is 11.8 Å². The van der Waals surface area contributed by atoms with E-state index in [0.29, 0.717) is 0 Å². The Morgan fingerprint density at radius 3 is 2.52 bits per heavy atom. The number of nitrogens with one attached hydrogen (secondary N) is 1. The Morgan fingerprint density at radius 2 is 1.95 bits per heavy atom. The molecule has 21 heavy (non-hydrogen) atoms. The number of amides is 1. The standard InChI is InChI=1S/C17H26N2OS/c1-5-9-14-16(20)19(12-17(2,3)21-4)15(18-14)13-10-7-6-8-11-13/h6-8,10-11,14-15,18H,5,9,12H2,1-4H3. The van der Waals surface area contributed by atoms with Gasteiger partial charge in [0.1, 0.15) is 6.17 Å². The van der Waals surface area contributed by atoms with E-state index in [2.05, 4.69) is 44.5 Å². The lowest BCUT2D eigenvalue weighted by atomic mass is 10.1. The van der Waals surface area contributed by atoms with Gasteiger partial charge in [0.25, 0.3) is 0 Å². The van der Waals surface area contributed by atoms with E-state index >= 15 is 0 Å². The zero-order chi connectivity index (χ0) is 15.5. The van der Waals surface area contributed by atoms with Crippen molar-refractivity contribution in [3.8, 4) is 0 Å². The predicted octanol–water partition coefficient (Wildman–Crippen LogP) is 3.43. The number of rotatable bonds is 6. The van der Waals surface area contributed by atoms with Crippen LogP contribution in [0, 0.1) is 0 Å². The minimum atomic E-state index is -0.0436. The average Bonchev–Trinajstić information content (AvgIpc) is 2.78. The van der Waals surface area contributed by atoms with Crippen molar-refractivity contribution < 1.29 is 4.79 Å². The predicted molar refractivity (Wildman–Crippen MR) is 90.3 cm³/mol. The summed E-state index contributed by atoms with van der Waals surface area (Å²) in [6.45, 7) is 7.28. The van der Waals surface area contributed by atoms with Gasteiger partial charge < -0.3 is 4.90 Å². The monoisotopic (exact) mass is 306 g/mol. The van der Waals surface area contributed by atoms with Gasteiger partial charge in [0, 0.05) is 11.3 Å². The van der Waals surface area contributed by atoms with E-state index in [4.69, 9.17) is 0 Å². The topological polar surface area (TPSA) is 32.3 Å². The van der Waals surface area contributed by atoms with Crippen molar-refractivity contribution in [1.29, 1.82) is 0 Å². The Hall–Kier alpha value is -1.00. The van der Waals surface area contributed by atoms with Crippen molar-refractivity contribution in [2.45, 2.75) is 50.6 Å². The second-order valence-electron chi connectivity index (χ2n) is 6.25. The summed E-state index contributed by atoms with van der Waals surface area (Å²) in [7, 11) is 0. The first-order chi connectivity index (χ1) is 9.98. The van der Waals surface area contributed by atoms with Crippen LogP contribution in [-0.2, 0) is 4.79 Å². The molecule has 1 aliphatic heterocycles. The lowest BCUT2D eigenvalue weighted by Crippen LogP contribution is -2.40. The van der Waals surface area contributed by atoms with Gasteiger partial charge in [-0.3, -0.25) is 10.1 Å². The Kier molecular flexibility index (Phi) is 5.33. The Morgan fingerprint density at radius 1 is 1.29 bits per heavy atom. The lowest BCUT2D eigenvalue weighted by molar-refractivity contribution is -0.130. The van der Waals surface area contributed by atoms with Crippen molar-refractivity contribution in [3.05, 3.63) is 35.9 Å². The zero-order valence-corrected chi connectivity index (χ0v) is 14.2. The normalized spacial score (nSPS) is 22.9. The van der Waals surface area contributed by atoms with Crippen LogP contribution in [0.15, 0.2) is 30.3 Å². The van der Waals surface area contributed by atoms with Crippen LogP contribution in [0.5, 0.6) is 0 Å². The summed E-state index contributed by atoms with van der Waals surface area (Å²) in [6, 6.07) is 10.2. The van der Waals surface area contributed by atoms with Crippen LogP contribution < -0.4 is 5.32 Å². The maximum atomic E-state index is 12.7. The molecule has 1 amide bonds. The first-order valence-electron chi connectivity index (χ1n) is 7.65. The highest BCUT2D eigenvalue weighted by atomic mass is 32.2. The fraction of sp³-hybridized carbons (Fsp3) is 0.588. The molecule has 4 heteroatoms.